The van der Waals surface area contributed by atoms with Gasteiger partial charge in [-0.3, -0.25) is 9.59 Å². The highest BCUT2D eigenvalue weighted by molar-refractivity contribution is 7.89. The Morgan fingerprint density at radius 2 is 1.64 bits per heavy atom. The second kappa shape index (κ2) is 14.6. The van der Waals surface area contributed by atoms with Gasteiger partial charge >= 0.3 is 0 Å². The number of ether oxygens (including phenoxy) is 3. The molecule has 1 atom stereocenters. The van der Waals surface area contributed by atoms with Gasteiger partial charge in [0.1, 0.15) is 17.5 Å². The number of hydrogen-bond donors (Lipinski definition) is 1. The summed E-state index contributed by atoms with van der Waals surface area (Å²) in [7, 11) is -2.09. The molecule has 2 amide bonds. The maximum absolute atomic E-state index is 13.7. The van der Waals surface area contributed by atoms with Crippen molar-refractivity contribution in [2.24, 2.45) is 0 Å². The van der Waals surface area contributed by atoms with Crippen molar-refractivity contribution in [1.29, 1.82) is 0 Å². The number of carbonyl (C=O) groups is 2. The van der Waals surface area contributed by atoms with E-state index in [1.807, 2.05) is 30.3 Å². The summed E-state index contributed by atoms with van der Waals surface area (Å²) >= 11 is 0. The van der Waals surface area contributed by atoms with Gasteiger partial charge in [0, 0.05) is 26.2 Å². The molecule has 3 aromatic carbocycles. The van der Waals surface area contributed by atoms with Crippen molar-refractivity contribution < 1.29 is 32.2 Å². The van der Waals surface area contributed by atoms with Crippen molar-refractivity contribution in [3.8, 4) is 11.5 Å². The minimum absolute atomic E-state index is 0.129. The van der Waals surface area contributed by atoms with Gasteiger partial charge in [-0.25, -0.2) is 8.42 Å². The van der Waals surface area contributed by atoms with Crippen LogP contribution in [0.4, 0.5) is 0 Å². The summed E-state index contributed by atoms with van der Waals surface area (Å²) in [5.74, 6) is 0.197. The van der Waals surface area contributed by atoms with Crippen LogP contribution in [0.25, 0.3) is 0 Å². The average Bonchev–Trinajstić information content (AvgIpc) is 3.03. The Morgan fingerprint density at radius 1 is 1.00 bits per heavy atom. The first-order valence-electron chi connectivity index (χ1n) is 13.5. The first kappa shape index (κ1) is 30.8. The highest BCUT2D eigenvalue weighted by atomic mass is 32.2. The van der Waals surface area contributed by atoms with E-state index in [1.165, 1.54) is 33.5 Å². The highest BCUT2D eigenvalue weighted by Gasteiger charge is 2.32. The standard InChI is InChI=1S/C31H35N3O7S/c1-3-17-32-31(36)30(25-7-5-4-6-8-25)34(22-24-9-11-26(39-2)12-10-24)29(35)23-41-27-13-15-28(16-14-27)42(37,38)33-18-20-40-21-19-33/h3-16,30H,1,17-23H2,2H3,(H,32,36)/t30-/m1/s1. The van der Waals surface area contributed by atoms with E-state index in [9.17, 15) is 18.0 Å². The van der Waals surface area contributed by atoms with Crippen LogP contribution < -0.4 is 14.8 Å². The van der Waals surface area contributed by atoms with E-state index in [0.29, 0.717) is 43.4 Å². The average molecular weight is 594 g/mol. The Kier molecular flexibility index (Phi) is 10.7. The quantitative estimate of drug-likeness (QED) is 0.303. The van der Waals surface area contributed by atoms with Gasteiger partial charge in [-0.05, 0) is 47.5 Å². The van der Waals surface area contributed by atoms with E-state index in [0.717, 1.165) is 5.56 Å². The summed E-state index contributed by atoms with van der Waals surface area (Å²) in [4.78, 5) is 28.7. The van der Waals surface area contributed by atoms with Crippen LogP contribution >= 0.6 is 0 Å². The number of rotatable bonds is 13. The number of sulfonamides is 1. The Bertz CT molecular complexity index is 1440. The molecule has 10 nitrogen and oxygen atoms in total. The third-order valence-electron chi connectivity index (χ3n) is 6.72. The number of hydrogen-bond acceptors (Lipinski definition) is 7. The van der Waals surface area contributed by atoms with Gasteiger partial charge in [0.15, 0.2) is 6.61 Å². The van der Waals surface area contributed by atoms with Gasteiger partial charge < -0.3 is 24.4 Å². The van der Waals surface area contributed by atoms with Crippen molar-refractivity contribution >= 4 is 21.8 Å². The fraction of sp³-hybridized carbons (Fsp3) is 0.290. The fourth-order valence-corrected chi connectivity index (χ4v) is 5.91. The van der Waals surface area contributed by atoms with Crippen molar-refractivity contribution in [2.45, 2.75) is 17.5 Å². The molecule has 0 unspecified atom stereocenters. The molecule has 4 rings (SSSR count). The summed E-state index contributed by atoms with van der Waals surface area (Å²) in [5, 5.41) is 2.81. The first-order valence-corrected chi connectivity index (χ1v) is 14.9. The second-order valence-corrected chi connectivity index (χ2v) is 11.4. The summed E-state index contributed by atoms with van der Waals surface area (Å²) < 4.78 is 43.6. The third kappa shape index (κ3) is 7.75. The molecular weight excluding hydrogens is 558 g/mol. The number of methoxy groups -OCH3 is 1. The summed E-state index contributed by atoms with van der Waals surface area (Å²) in [6.45, 7) is 4.96. The topological polar surface area (TPSA) is 114 Å². The summed E-state index contributed by atoms with van der Waals surface area (Å²) in [6, 6.07) is 21.3. The predicted octanol–water partition coefficient (Wildman–Crippen LogP) is 3.17. The van der Waals surface area contributed by atoms with Crippen molar-refractivity contribution in [2.75, 3.05) is 46.6 Å². The fourth-order valence-electron chi connectivity index (χ4n) is 4.50. The van der Waals surface area contributed by atoms with Crippen LogP contribution in [0.1, 0.15) is 17.2 Å². The molecule has 11 heteroatoms. The van der Waals surface area contributed by atoms with Crippen LogP contribution in [0.5, 0.6) is 11.5 Å². The van der Waals surface area contributed by atoms with Crippen LogP contribution in [0, 0.1) is 0 Å². The Labute approximate surface area is 246 Å². The molecule has 0 aromatic heterocycles. The largest absolute Gasteiger partial charge is 0.497 e. The Balaban J connectivity index is 1.55. The van der Waals surface area contributed by atoms with Crippen LogP contribution in [0.15, 0.2) is 96.4 Å². The Hall–Kier alpha value is -4.19. The molecule has 3 aromatic rings. The molecule has 1 aliphatic heterocycles. The molecule has 0 radical (unpaired) electrons. The van der Waals surface area contributed by atoms with Gasteiger partial charge in [0.2, 0.25) is 15.9 Å². The molecule has 1 fully saturated rings. The second-order valence-electron chi connectivity index (χ2n) is 9.49. The maximum Gasteiger partial charge on any atom is 0.261 e. The lowest BCUT2D eigenvalue weighted by atomic mass is 10.0. The zero-order chi connectivity index (χ0) is 30.0. The molecule has 0 aliphatic carbocycles. The van der Waals surface area contributed by atoms with E-state index in [-0.39, 0.29) is 30.5 Å². The smallest absolute Gasteiger partial charge is 0.261 e. The molecule has 1 aliphatic rings. The van der Waals surface area contributed by atoms with Crippen molar-refractivity contribution in [1.82, 2.24) is 14.5 Å². The maximum atomic E-state index is 13.7. The van der Waals surface area contributed by atoms with Crippen molar-refractivity contribution in [3.05, 3.63) is 103 Å². The molecule has 1 saturated heterocycles. The minimum atomic E-state index is -3.66. The first-order chi connectivity index (χ1) is 20.3. The number of carbonyl (C=O) groups excluding carboxylic acids is 2. The number of nitrogens with zero attached hydrogens (tertiary/aromatic N) is 2. The SMILES string of the molecule is C=CCNC(=O)[C@@H](c1ccccc1)N(Cc1ccc(OC)cc1)C(=O)COc1ccc(S(=O)(=O)N2CCOCC2)cc1. The molecule has 0 saturated carbocycles. The van der Waals surface area contributed by atoms with E-state index < -0.39 is 22.0 Å². The van der Waals surface area contributed by atoms with Gasteiger partial charge in [-0.1, -0.05) is 48.5 Å². The van der Waals surface area contributed by atoms with E-state index in [1.54, 1.807) is 37.5 Å². The lowest BCUT2D eigenvalue weighted by molar-refractivity contribution is -0.143. The minimum Gasteiger partial charge on any atom is -0.497 e. The monoisotopic (exact) mass is 593 g/mol. The van der Waals surface area contributed by atoms with Gasteiger partial charge in [-0.15, -0.1) is 6.58 Å². The molecule has 222 valence electrons. The summed E-state index contributed by atoms with van der Waals surface area (Å²) in [5.41, 5.74) is 1.43. The van der Waals surface area contributed by atoms with Gasteiger partial charge in [0.05, 0.1) is 25.2 Å². The number of nitrogens with one attached hydrogen (secondary N) is 1. The predicted molar refractivity (Wildman–Crippen MR) is 157 cm³/mol. The lowest BCUT2D eigenvalue weighted by Crippen LogP contribution is -2.45. The molecule has 1 N–H and O–H groups in total. The molecule has 42 heavy (non-hydrogen) atoms. The van der Waals surface area contributed by atoms with Crippen LogP contribution in [0.3, 0.4) is 0 Å². The zero-order valence-electron chi connectivity index (χ0n) is 23.5. The van der Waals surface area contributed by atoms with Crippen LogP contribution in [-0.4, -0.2) is 76.0 Å². The van der Waals surface area contributed by atoms with Gasteiger partial charge in [0.25, 0.3) is 5.91 Å². The highest BCUT2D eigenvalue weighted by Crippen LogP contribution is 2.26. The summed E-state index contributed by atoms with van der Waals surface area (Å²) in [6.07, 6.45) is 1.57. The Morgan fingerprint density at radius 3 is 2.26 bits per heavy atom. The lowest BCUT2D eigenvalue weighted by Gasteiger charge is -2.31. The number of benzene rings is 3. The van der Waals surface area contributed by atoms with E-state index >= 15 is 0 Å². The van der Waals surface area contributed by atoms with Crippen LogP contribution in [-0.2, 0) is 30.9 Å². The molecule has 0 bridgehead atoms. The van der Waals surface area contributed by atoms with Crippen LogP contribution in [0.2, 0.25) is 0 Å². The third-order valence-corrected chi connectivity index (χ3v) is 8.64. The van der Waals surface area contributed by atoms with E-state index in [4.69, 9.17) is 14.2 Å². The molecule has 0 spiro atoms. The molecule has 1 heterocycles. The number of morpholine rings is 1. The zero-order valence-corrected chi connectivity index (χ0v) is 24.3. The van der Waals surface area contributed by atoms with Gasteiger partial charge in [-0.2, -0.15) is 4.31 Å². The van der Waals surface area contributed by atoms with E-state index in [2.05, 4.69) is 11.9 Å². The number of amides is 2. The normalized spacial score (nSPS) is 14.4. The van der Waals surface area contributed by atoms with Crippen molar-refractivity contribution in [3.63, 3.8) is 0 Å². The molecular formula is C31H35N3O7S.